The van der Waals surface area contributed by atoms with Gasteiger partial charge in [-0.15, -0.1) is 0 Å². The Morgan fingerprint density at radius 2 is 2.24 bits per heavy atom. The van der Waals surface area contributed by atoms with Crippen molar-refractivity contribution in [3.8, 4) is 0 Å². The van der Waals surface area contributed by atoms with Gasteiger partial charge >= 0.3 is 5.97 Å². The average Bonchev–Trinajstić information content (AvgIpc) is 2.31. The number of hydrogen-bond acceptors (Lipinski definition) is 3. The maximum atomic E-state index is 13.0. The van der Waals surface area contributed by atoms with Gasteiger partial charge in [0, 0.05) is 0 Å². The quantitative estimate of drug-likeness (QED) is 0.801. The molecule has 94 valence electrons. The molecule has 0 aromatic heterocycles. The van der Waals surface area contributed by atoms with E-state index in [1.165, 1.54) is 19.2 Å². The van der Waals surface area contributed by atoms with Crippen molar-refractivity contribution in [2.75, 3.05) is 13.7 Å². The molecular weight excluding hydrogens is 221 g/mol. The van der Waals surface area contributed by atoms with Crippen LogP contribution in [0, 0.1) is 12.7 Å². The normalized spacial score (nSPS) is 12.2. The van der Waals surface area contributed by atoms with E-state index in [9.17, 15) is 9.18 Å². The Labute approximate surface area is 101 Å². The maximum Gasteiger partial charge on any atom is 0.327 e. The summed E-state index contributed by atoms with van der Waals surface area (Å²) >= 11 is 0. The van der Waals surface area contributed by atoms with E-state index >= 15 is 0 Å². The van der Waals surface area contributed by atoms with Crippen LogP contribution in [0.2, 0.25) is 0 Å². The van der Waals surface area contributed by atoms with Crippen molar-refractivity contribution in [1.82, 2.24) is 5.32 Å². The van der Waals surface area contributed by atoms with E-state index in [4.69, 9.17) is 4.74 Å². The number of rotatable bonds is 5. The number of benzene rings is 1. The molecule has 0 bridgehead atoms. The molecule has 1 aromatic rings. The molecule has 0 radical (unpaired) electrons. The molecule has 1 rings (SSSR count). The van der Waals surface area contributed by atoms with E-state index in [0.717, 1.165) is 17.5 Å². The summed E-state index contributed by atoms with van der Waals surface area (Å²) in [6.07, 6.45) is 0.910. The zero-order chi connectivity index (χ0) is 12.8. The molecule has 1 unspecified atom stereocenters. The molecule has 1 aromatic carbocycles. The van der Waals surface area contributed by atoms with Crippen molar-refractivity contribution >= 4 is 5.97 Å². The Bertz CT molecular complexity index is 393. The molecule has 17 heavy (non-hydrogen) atoms. The van der Waals surface area contributed by atoms with Crippen LogP contribution in [0.3, 0.4) is 0 Å². The fourth-order valence-electron chi connectivity index (χ4n) is 1.69. The smallest absolute Gasteiger partial charge is 0.327 e. The first-order valence-corrected chi connectivity index (χ1v) is 5.67. The summed E-state index contributed by atoms with van der Waals surface area (Å²) in [6.45, 7) is 4.50. The molecule has 0 aliphatic heterocycles. The Balaban J connectivity index is 2.99. The van der Waals surface area contributed by atoms with Crippen LogP contribution in [-0.4, -0.2) is 19.6 Å². The Kier molecular flexibility index (Phi) is 5.10. The molecular formula is C13H18FNO2. The Morgan fingerprint density at radius 3 is 2.76 bits per heavy atom. The topological polar surface area (TPSA) is 38.3 Å². The Morgan fingerprint density at radius 1 is 1.53 bits per heavy atom. The van der Waals surface area contributed by atoms with Gasteiger partial charge < -0.3 is 10.1 Å². The van der Waals surface area contributed by atoms with Crippen molar-refractivity contribution in [2.24, 2.45) is 0 Å². The summed E-state index contributed by atoms with van der Waals surface area (Å²) in [4.78, 5) is 11.7. The number of carbonyl (C=O) groups excluding carboxylic acids is 1. The summed E-state index contributed by atoms with van der Waals surface area (Å²) in [7, 11) is 1.35. The second-order valence-corrected chi connectivity index (χ2v) is 3.91. The van der Waals surface area contributed by atoms with Crippen LogP contribution in [-0.2, 0) is 9.53 Å². The van der Waals surface area contributed by atoms with E-state index in [1.807, 2.05) is 6.92 Å². The summed E-state index contributed by atoms with van der Waals surface area (Å²) in [5.74, 6) is -0.654. The highest BCUT2D eigenvalue weighted by Gasteiger charge is 2.22. The number of aryl methyl sites for hydroxylation is 1. The lowest BCUT2D eigenvalue weighted by atomic mass is 10.0. The fourth-order valence-corrected chi connectivity index (χ4v) is 1.69. The predicted molar refractivity (Wildman–Crippen MR) is 64.2 cm³/mol. The van der Waals surface area contributed by atoms with Gasteiger partial charge in [-0.25, -0.2) is 9.18 Å². The second-order valence-electron chi connectivity index (χ2n) is 3.91. The SMILES string of the molecule is CCCNC(C(=O)OC)c1ccc(F)cc1C. The van der Waals surface area contributed by atoms with E-state index in [2.05, 4.69) is 5.32 Å². The zero-order valence-corrected chi connectivity index (χ0v) is 10.4. The molecule has 0 saturated heterocycles. The zero-order valence-electron chi connectivity index (χ0n) is 10.4. The molecule has 0 saturated carbocycles. The van der Waals surface area contributed by atoms with Crippen molar-refractivity contribution in [2.45, 2.75) is 26.3 Å². The molecule has 0 amide bonds. The molecule has 0 heterocycles. The van der Waals surface area contributed by atoms with E-state index < -0.39 is 6.04 Å². The number of hydrogen-bond donors (Lipinski definition) is 1. The van der Waals surface area contributed by atoms with Crippen LogP contribution in [0.1, 0.15) is 30.5 Å². The number of ether oxygens (including phenoxy) is 1. The number of nitrogens with one attached hydrogen (secondary N) is 1. The second kappa shape index (κ2) is 6.35. The lowest BCUT2D eigenvalue weighted by Gasteiger charge is -2.18. The summed E-state index contributed by atoms with van der Waals surface area (Å²) in [5.41, 5.74) is 1.50. The minimum Gasteiger partial charge on any atom is -0.468 e. The van der Waals surface area contributed by atoms with E-state index in [-0.39, 0.29) is 11.8 Å². The van der Waals surface area contributed by atoms with Crippen molar-refractivity contribution in [3.63, 3.8) is 0 Å². The first-order valence-electron chi connectivity index (χ1n) is 5.67. The molecule has 0 spiro atoms. The van der Waals surface area contributed by atoms with Gasteiger partial charge in [-0.3, -0.25) is 0 Å². The third kappa shape index (κ3) is 3.53. The molecule has 0 aliphatic rings. The van der Waals surface area contributed by atoms with Crippen LogP contribution in [0.25, 0.3) is 0 Å². The third-order valence-corrected chi connectivity index (χ3v) is 2.58. The average molecular weight is 239 g/mol. The van der Waals surface area contributed by atoms with Crippen LogP contribution in [0.4, 0.5) is 4.39 Å². The van der Waals surface area contributed by atoms with Gasteiger partial charge in [0.2, 0.25) is 0 Å². The van der Waals surface area contributed by atoms with Crippen LogP contribution in [0.15, 0.2) is 18.2 Å². The highest BCUT2D eigenvalue weighted by Crippen LogP contribution is 2.20. The molecule has 1 N–H and O–H groups in total. The van der Waals surface area contributed by atoms with Crippen molar-refractivity contribution in [1.29, 1.82) is 0 Å². The molecule has 0 fully saturated rings. The summed E-state index contributed by atoms with van der Waals surface area (Å²) in [5, 5.41) is 3.10. The highest BCUT2D eigenvalue weighted by molar-refractivity contribution is 5.78. The van der Waals surface area contributed by atoms with Gasteiger partial charge in [-0.05, 0) is 43.1 Å². The minimum absolute atomic E-state index is 0.301. The van der Waals surface area contributed by atoms with Gasteiger partial charge in [-0.1, -0.05) is 13.0 Å². The fraction of sp³-hybridized carbons (Fsp3) is 0.462. The highest BCUT2D eigenvalue weighted by atomic mass is 19.1. The predicted octanol–water partition coefficient (Wildman–Crippen LogP) is 2.35. The number of methoxy groups -OCH3 is 1. The minimum atomic E-state index is -0.527. The lowest BCUT2D eigenvalue weighted by Crippen LogP contribution is -2.30. The van der Waals surface area contributed by atoms with Crippen molar-refractivity contribution < 1.29 is 13.9 Å². The summed E-state index contributed by atoms with van der Waals surface area (Å²) in [6, 6.07) is 3.86. The molecule has 3 nitrogen and oxygen atoms in total. The van der Waals surface area contributed by atoms with Gasteiger partial charge in [-0.2, -0.15) is 0 Å². The molecule has 0 aliphatic carbocycles. The van der Waals surface area contributed by atoms with Gasteiger partial charge in [0.25, 0.3) is 0 Å². The van der Waals surface area contributed by atoms with Crippen LogP contribution < -0.4 is 5.32 Å². The van der Waals surface area contributed by atoms with Crippen LogP contribution in [0.5, 0.6) is 0 Å². The van der Waals surface area contributed by atoms with E-state index in [1.54, 1.807) is 13.0 Å². The van der Waals surface area contributed by atoms with Gasteiger partial charge in [0.05, 0.1) is 7.11 Å². The van der Waals surface area contributed by atoms with Gasteiger partial charge in [0.15, 0.2) is 0 Å². The molecule has 1 atom stereocenters. The number of halogens is 1. The third-order valence-electron chi connectivity index (χ3n) is 2.58. The maximum absolute atomic E-state index is 13.0. The van der Waals surface area contributed by atoms with Gasteiger partial charge in [0.1, 0.15) is 11.9 Å². The van der Waals surface area contributed by atoms with E-state index in [0.29, 0.717) is 6.54 Å². The first kappa shape index (κ1) is 13.6. The number of esters is 1. The molecule has 4 heteroatoms. The van der Waals surface area contributed by atoms with Crippen LogP contribution >= 0.6 is 0 Å². The standard InChI is InChI=1S/C13H18FNO2/c1-4-7-15-12(13(16)17-3)11-6-5-10(14)8-9(11)2/h5-6,8,12,15H,4,7H2,1-3H3. The Hall–Kier alpha value is -1.42. The summed E-state index contributed by atoms with van der Waals surface area (Å²) < 4.78 is 17.8. The monoisotopic (exact) mass is 239 g/mol. The number of carbonyl (C=O) groups is 1. The van der Waals surface area contributed by atoms with Crippen molar-refractivity contribution in [3.05, 3.63) is 35.1 Å². The first-order chi connectivity index (χ1) is 8.10. The largest absolute Gasteiger partial charge is 0.468 e. The lowest BCUT2D eigenvalue weighted by molar-refractivity contribution is -0.143.